The van der Waals surface area contributed by atoms with Crippen molar-refractivity contribution in [1.29, 1.82) is 5.41 Å². The molecular formula is C21H23ClFN3OS. The molecule has 1 N–H and O–H groups in total. The molecule has 0 unspecified atom stereocenters. The summed E-state index contributed by atoms with van der Waals surface area (Å²) in [4.78, 5) is 3.79. The number of nitrogens with one attached hydrogen (secondary N) is 1. The van der Waals surface area contributed by atoms with Gasteiger partial charge in [-0.1, -0.05) is 23.8 Å². The van der Waals surface area contributed by atoms with Gasteiger partial charge in [0.2, 0.25) is 0 Å². The van der Waals surface area contributed by atoms with E-state index in [1.807, 2.05) is 42.1 Å². The molecule has 2 rings (SSSR count). The molecule has 0 aromatic heterocycles. The maximum Gasteiger partial charge on any atom is 0.182 e. The van der Waals surface area contributed by atoms with Gasteiger partial charge in [-0.2, -0.15) is 0 Å². The van der Waals surface area contributed by atoms with Crippen LogP contribution in [0.15, 0.2) is 54.7 Å². The van der Waals surface area contributed by atoms with Crippen molar-refractivity contribution in [2.24, 2.45) is 0 Å². The summed E-state index contributed by atoms with van der Waals surface area (Å²) in [6.45, 7) is 2.93. The van der Waals surface area contributed by atoms with Gasteiger partial charge in [0.1, 0.15) is 5.82 Å². The lowest BCUT2D eigenvalue weighted by Gasteiger charge is -2.26. The summed E-state index contributed by atoms with van der Waals surface area (Å²) in [6, 6.07) is 13.6. The second kappa shape index (κ2) is 10.8. The fourth-order valence-electron chi connectivity index (χ4n) is 2.55. The van der Waals surface area contributed by atoms with Crippen molar-refractivity contribution in [3.63, 3.8) is 0 Å². The number of rotatable bonds is 9. The molecule has 0 aliphatic heterocycles. The molecule has 0 spiro atoms. The second-order valence-electron chi connectivity index (χ2n) is 6.06. The first kappa shape index (κ1) is 21.9. The van der Waals surface area contributed by atoms with Crippen LogP contribution in [0.4, 0.5) is 10.1 Å². The van der Waals surface area contributed by atoms with E-state index in [9.17, 15) is 4.39 Å². The van der Waals surface area contributed by atoms with E-state index >= 15 is 0 Å². The molecule has 0 bridgehead atoms. The maximum absolute atomic E-state index is 13.4. The number of nitrogens with zero attached hydrogens (tertiary/aromatic N) is 2. The van der Waals surface area contributed by atoms with Gasteiger partial charge in [-0.3, -0.25) is 5.41 Å². The Balaban J connectivity index is 2.35. The molecule has 2 aromatic carbocycles. The normalized spacial score (nSPS) is 11.1. The molecule has 0 aliphatic rings. The number of thiocarbonyl (C=S) groups is 1. The highest BCUT2D eigenvalue weighted by Gasteiger charge is 2.14. The van der Waals surface area contributed by atoms with Crippen LogP contribution in [0.2, 0.25) is 5.02 Å². The molecular weight excluding hydrogens is 397 g/mol. The van der Waals surface area contributed by atoms with Crippen LogP contribution in [-0.4, -0.2) is 36.5 Å². The Kier molecular flexibility index (Phi) is 8.42. The largest absolute Gasteiger partial charge is 0.481 e. The molecule has 0 aliphatic carbocycles. The average Bonchev–Trinajstić information content (AvgIpc) is 2.68. The quantitative estimate of drug-likeness (QED) is 0.327. The Bertz CT molecular complexity index is 825. The van der Waals surface area contributed by atoms with Gasteiger partial charge in [0, 0.05) is 42.5 Å². The SMILES string of the molecule is CCOC(=N)CCN(C)/C=C(/c1ccc(F)cc1)N(C=S)c1ccc(Cl)cc1. The summed E-state index contributed by atoms with van der Waals surface area (Å²) in [7, 11) is 1.91. The van der Waals surface area contributed by atoms with Crippen LogP contribution >= 0.6 is 23.8 Å². The minimum Gasteiger partial charge on any atom is -0.481 e. The van der Waals surface area contributed by atoms with E-state index in [-0.39, 0.29) is 11.7 Å². The molecule has 7 heteroatoms. The zero-order valence-corrected chi connectivity index (χ0v) is 17.4. The Morgan fingerprint density at radius 2 is 1.82 bits per heavy atom. The highest BCUT2D eigenvalue weighted by molar-refractivity contribution is 7.79. The molecule has 0 amide bonds. The van der Waals surface area contributed by atoms with Crippen LogP contribution < -0.4 is 4.90 Å². The van der Waals surface area contributed by atoms with Crippen molar-refractivity contribution < 1.29 is 9.13 Å². The molecule has 28 heavy (non-hydrogen) atoms. The van der Waals surface area contributed by atoms with Gasteiger partial charge >= 0.3 is 0 Å². The van der Waals surface area contributed by atoms with E-state index < -0.39 is 0 Å². The maximum atomic E-state index is 13.4. The highest BCUT2D eigenvalue weighted by Crippen LogP contribution is 2.27. The summed E-state index contributed by atoms with van der Waals surface area (Å²) in [5.74, 6) is -0.0579. The van der Waals surface area contributed by atoms with E-state index in [1.54, 1.807) is 24.3 Å². The first-order valence-corrected chi connectivity index (χ1v) is 9.67. The molecule has 2 aromatic rings. The van der Waals surface area contributed by atoms with Crippen LogP contribution in [0.25, 0.3) is 5.70 Å². The molecule has 0 atom stereocenters. The number of halogens is 2. The summed E-state index contributed by atoms with van der Waals surface area (Å²) >= 11 is 11.3. The molecule has 0 saturated heterocycles. The average molecular weight is 420 g/mol. The standard InChI is InChI=1S/C21H23ClFN3OS/c1-3-27-21(24)12-13-25(2)14-20(16-4-8-18(23)9-5-16)26(15-28)19-10-6-17(22)7-11-19/h4-11,14-15,24H,3,12-13H2,1-2H3/b20-14-,24-21?. The Hall–Kier alpha value is -2.44. The van der Waals surface area contributed by atoms with Crippen molar-refractivity contribution in [3.05, 3.63) is 71.1 Å². The van der Waals surface area contributed by atoms with Crippen molar-refractivity contribution in [3.8, 4) is 0 Å². The van der Waals surface area contributed by atoms with E-state index in [4.69, 9.17) is 34.0 Å². The van der Waals surface area contributed by atoms with E-state index in [0.29, 0.717) is 24.6 Å². The summed E-state index contributed by atoms with van der Waals surface area (Å²) in [6.07, 6.45) is 2.40. The van der Waals surface area contributed by atoms with Crippen molar-refractivity contribution >= 4 is 46.6 Å². The van der Waals surface area contributed by atoms with Crippen molar-refractivity contribution in [1.82, 2.24) is 4.90 Å². The zero-order valence-electron chi connectivity index (χ0n) is 15.9. The lowest BCUT2D eigenvalue weighted by atomic mass is 10.1. The Morgan fingerprint density at radius 1 is 1.18 bits per heavy atom. The number of anilines is 1. The third-order valence-electron chi connectivity index (χ3n) is 3.96. The highest BCUT2D eigenvalue weighted by atomic mass is 35.5. The van der Waals surface area contributed by atoms with Crippen LogP contribution in [0.1, 0.15) is 18.9 Å². The first-order chi connectivity index (χ1) is 13.4. The molecule has 0 saturated carbocycles. The summed E-state index contributed by atoms with van der Waals surface area (Å²) in [5, 5.41) is 8.40. The Labute approximate surface area is 175 Å². The number of hydrogen-bond donors (Lipinski definition) is 1. The van der Waals surface area contributed by atoms with Gasteiger partial charge in [-0.25, -0.2) is 4.39 Å². The van der Waals surface area contributed by atoms with Gasteiger partial charge < -0.3 is 14.5 Å². The number of hydrogen-bond acceptors (Lipinski definition) is 4. The van der Waals surface area contributed by atoms with Crippen LogP contribution in [0.5, 0.6) is 0 Å². The molecule has 0 heterocycles. The predicted octanol–water partition coefficient (Wildman–Crippen LogP) is 5.58. The minimum atomic E-state index is -0.304. The van der Waals surface area contributed by atoms with Crippen molar-refractivity contribution in [2.75, 3.05) is 25.1 Å². The smallest absolute Gasteiger partial charge is 0.182 e. The lowest BCUT2D eigenvalue weighted by molar-refractivity contribution is 0.307. The van der Waals surface area contributed by atoms with E-state index in [1.165, 1.54) is 17.6 Å². The monoisotopic (exact) mass is 419 g/mol. The van der Waals surface area contributed by atoms with Gasteiger partial charge in [-0.15, -0.1) is 0 Å². The molecule has 148 valence electrons. The zero-order chi connectivity index (χ0) is 20.5. The fourth-order valence-corrected chi connectivity index (χ4v) is 2.91. The van der Waals surface area contributed by atoms with Gasteiger partial charge in [0.25, 0.3) is 0 Å². The topological polar surface area (TPSA) is 39.6 Å². The lowest BCUT2D eigenvalue weighted by Crippen LogP contribution is -2.23. The molecule has 0 radical (unpaired) electrons. The fraction of sp³-hybridized carbons (Fsp3) is 0.238. The van der Waals surface area contributed by atoms with E-state index in [2.05, 4.69) is 0 Å². The number of ether oxygens (including phenoxy) is 1. The summed E-state index contributed by atoms with van der Waals surface area (Å²) in [5.41, 5.74) is 3.96. The van der Waals surface area contributed by atoms with Gasteiger partial charge in [-0.05, 0) is 55.5 Å². The third-order valence-corrected chi connectivity index (χ3v) is 4.43. The molecule has 0 fully saturated rings. The number of benzene rings is 2. The second-order valence-corrected chi connectivity index (χ2v) is 6.71. The first-order valence-electron chi connectivity index (χ1n) is 8.83. The third kappa shape index (κ3) is 6.32. The Morgan fingerprint density at radius 3 is 2.39 bits per heavy atom. The van der Waals surface area contributed by atoms with Gasteiger partial charge in [0.15, 0.2) is 5.90 Å². The minimum absolute atomic E-state index is 0.246. The summed E-state index contributed by atoms with van der Waals surface area (Å²) < 4.78 is 18.6. The van der Waals surface area contributed by atoms with Gasteiger partial charge in [0.05, 0.1) is 17.8 Å². The van der Waals surface area contributed by atoms with Crippen molar-refractivity contribution in [2.45, 2.75) is 13.3 Å². The predicted molar refractivity (Wildman–Crippen MR) is 119 cm³/mol. The van der Waals surface area contributed by atoms with E-state index in [0.717, 1.165) is 16.9 Å². The van der Waals surface area contributed by atoms with Crippen LogP contribution in [-0.2, 0) is 4.74 Å². The molecule has 4 nitrogen and oxygen atoms in total. The van der Waals surface area contributed by atoms with Crippen LogP contribution in [0.3, 0.4) is 0 Å². The van der Waals surface area contributed by atoms with Crippen LogP contribution in [0, 0.1) is 11.2 Å².